The second kappa shape index (κ2) is 12.1. The molecule has 0 fully saturated rings. The summed E-state index contributed by atoms with van der Waals surface area (Å²) in [7, 11) is 1.69. The Morgan fingerprint density at radius 1 is 1.10 bits per heavy atom. The molecular formula is C15H31NO4. The van der Waals surface area contributed by atoms with Gasteiger partial charge in [0.1, 0.15) is 5.54 Å². The van der Waals surface area contributed by atoms with Crippen molar-refractivity contribution in [3.63, 3.8) is 0 Å². The van der Waals surface area contributed by atoms with Crippen molar-refractivity contribution in [1.82, 2.24) is 5.32 Å². The molecule has 0 heterocycles. The maximum atomic E-state index is 12.0. The number of hydrogen-bond donors (Lipinski definition) is 1. The van der Waals surface area contributed by atoms with Crippen molar-refractivity contribution >= 4 is 5.97 Å². The number of hydrogen-bond acceptors (Lipinski definition) is 5. The second-order valence-electron chi connectivity index (χ2n) is 5.00. The first kappa shape index (κ1) is 19.4. The fraction of sp³-hybridized carbons (Fsp3) is 0.933. The van der Waals surface area contributed by atoms with E-state index < -0.39 is 5.54 Å². The smallest absolute Gasteiger partial charge is 0.326 e. The number of esters is 1. The molecule has 0 radical (unpaired) electrons. The highest BCUT2D eigenvalue weighted by Crippen LogP contribution is 2.16. The van der Waals surface area contributed by atoms with Gasteiger partial charge in [-0.05, 0) is 46.1 Å². The molecule has 120 valence electrons. The van der Waals surface area contributed by atoms with E-state index in [2.05, 4.69) is 5.32 Å². The summed E-state index contributed by atoms with van der Waals surface area (Å²) in [5, 5.41) is 3.23. The summed E-state index contributed by atoms with van der Waals surface area (Å²) in [5.74, 6) is -0.164. The molecule has 0 aromatic rings. The number of carbonyl (C=O) groups is 1. The van der Waals surface area contributed by atoms with Crippen molar-refractivity contribution in [2.24, 2.45) is 0 Å². The molecule has 0 aromatic carbocycles. The number of carbonyl (C=O) groups excluding carboxylic acids is 1. The molecule has 0 amide bonds. The van der Waals surface area contributed by atoms with Crippen LogP contribution < -0.4 is 5.32 Å². The molecule has 0 aromatic heterocycles. The molecule has 0 spiro atoms. The average Bonchev–Trinajstić information content (AvgIpc) is 2.42. The van der Waals surface area contributed by atoms with Gasteiger partial charge in [0, 0.05) is 26.9 Å². The van der Waals surface area contributed by atoms with E-state index >= 15 is 0 Å². The normalized spacial score (nSPS) is 14.0. The summed E-state index contributed by atoms with van der Waals surface area (Å²) in [4.78, 5) is 12.0. The number of rotatable bonds is 13. The lowest BCUT2D eigenvalue weighted by molar-refractivity contribution is -0.150. The summed E-state index contributed by atoms with van der Waals surface area (Å²) >= 11 is 0. The molecule has 0 saturated carbocycles. The first-order valence-corrected chi connectivity index (χ1v) is 7.59. The van der Waals surface area contributed by atoms with Gasteiger partial charge in [-0.3, -0.25) is 4.79 Å². The molecule has 5 nitrogen and oxygen atoms in total. The van der Waals surface area contributed by atoms with Gasteiger partial charge in [-0.1, -0.05) is 6.92 Å². The Hall–Kier alpha value is -0.650. The Morgan fingerprint density at radius 2 is 1.80 bits per heavy atom. The van der Waals surface area contributed by atoms with Gasteiger partial charge in [0.15, 0.2) is 0 Å². The fourth-order valence-electron chi connectivity index (χ4n) is 2.03. The summed E-state index contributed by atoms with van der Waals surface area (Å²) in [6, 6.07) is 0. The lowest BCUT2D eigenvalue weighted by atomic mass is 9.95. The highest BCUT2D eigenvalue weighted by Gasteiger charge is 2.32. The van der Waals surface area contributed by atoms with Crippen molar-refractivity contribution < 1.29 is 19.0 Å². The van der Waals surface area contributed by atoms with Crippen LogP contribution in [0.15, 0.2) is 0 Å². The van der Waals surface area contributed by atoms with Crippen LogP contribution in [0.25, 0.3) is 0 Å². The lowest BCUT2D eigenvalue weighted by Gasteiger charge is -2.28. The van der Waals surface area contributed by atoms with Crippen LogP contribution in [0, 0.1) is 0 Å². The monoisotopic (exact) mass is 289 g/mol. The maximum Gasteiger partial charge on any atom is 0.326 e. The standard InChI is InChI=1S/C15H31NO4/c1-5-16-15(3,14(17)20-6-2)10-7-8-12-19-13-9-11-18-4/h16H,5-13H2,1-4H3. The molecule has 20 heavy (non-hydrogen) atoms. The molecule has 0 aliphatic rings. The SMILES string of the molecule is CCNC(C)(CCCCOCCCOC)C(=O)OCC. The minimum absolute atomic E-state index is 0.164. The van der Waals surface area contributed by atoms with Gasteiger partial charge >= 0.3 is 5.97 Å². The third-order valence-electron chi connectivity index (χ3n) is 3.15. The van der Waals surface area contributed by atoms with E-state index in [9.17, 15) is 4.79 Å². The van der Waals surface area contributed by atoms with Crippen molar-refractivity contribution in [3.8, 4) is 0 Å². The Bertz CT molecular complexity index is 248. The topological polar surface area (TPSA) is 56.8 Å². The molecule has 0 rings (SSSR count). The number of nitrogens with one attached hydrogen (secondary N) is 1. The van der Waals surface area contributed by atoms with Crippen molar-refractivity contribution in [1.29, 1.82) is 0 Å². The first-order valence-electron chi connectivity index (χ1n) is 7.59. The zero-order chi connectivity index (χ0) is 15.3. The quantitative estimate of drug-likeness (QED) is 0.416. The van der Waals surface area contributed by atoms with Crippen LogP contribution in [0.3, 0.4) is 0 Å². The Kier molecular flexibility index (Phi) is 11.7. The zero-order valence-electron chi connectivity index (χ0n) is 13.5. The van der Waals surface area contributed by atoms with Gasteiger partial charge in [0.2, 0.25) is 0 Å². The molecule has 1 unspecified atom stereocenters. The number of methoxy groups -OCH3 is 1. The van der Waals surface area contributed by atoms with Gasteiger partial charge in [-0.15, -0.1) is 0 Å². The highest BCUT2D eigenvalue weighted by atomic mass is 16.5. The molecule has 0 bridgehead atoms. The number of unbranched alkanes of at least 4 members (excludes halogenated alkanes) is 1. The summed E-state index contributed by atoms with van der Waals surface area (Å²) in [6.45, 7) is 9.11. The largest absolute Gasteiger partial charge is 0.465 e. The van der Waals surface area contributed by atoms with Crippen LogP contribution in [-0.4, -0.2) is 51.6 Å². The van der Waals surface area contributed by atoms with E-state index in [0.29, 0.717) is 6.61 Å². The molecule has 0 aliphatic carbocycles. The fourth-order valence-corrected chi connectivity index (χ4v) is 2.03. The van der Waals surface area contributed by atoms with Gasteiger partial charge in [-0.2, -0.15) is 0 Å². The minimum Gasteiger partial charge on any atom is -0.465 e. The number of ether oxygens (including phenoxy) is 3. The molecule has 0 aliphatic heterocycles. The van der Waals surface area contributed by atoms with Crippen LogP contribution in [0.4, 0.5) is 0 Å². The molecule has 0 saturated heterocycles. The summed E-state index contributed by atoms with van der Waals surface area (Å²) in [5.41, 5.74) is -0.583. The van der Waals surface area contributed by atoms with E-state index in [1.165, 1.54) is 0 Å². The van der Waals surface area contributed by atoms with E-state index in [1.54, 1.807) is 7.11 Å². The highest BCUT2D eigenvalue weighted by molar-refractivity contribution is 5.80. The van der Waals surface area contributed by atoms with Gasteiger partial charge in [0.05, 0.1) is 6.61 Å². The van der Waals surface area contributed by atoms with Gasteiger partial charge < -0.3 is 19.5 Å². The Morgan fingerprint density at radius 3 is 2.40 bits per heavy atom. The third-order valence-corrected chi connectivity index (χ3v) is 3.15. The summed E-state index contributed by atoms with van der Waals surface area (Å²) < 4.78 is 15.6. The van der Waals surface area contributed by atoms with Gasteiger partial charge in [0.25, 0.3) is 0 Å². The molecular weight excluding hydrogens is 258 g/mol. The predicted octanol–water partition coefficient (Wildman–Crippen LogP) is 2.14. The van der Waals surface area contributed by atoms with Crippen molar-refractivity contribution in [3.05, 3.63) is 0 Å². The molecule has 5 heteroatoms. The van der Waals surface area contributed by atoms with E-state index in [4.69, 9.17) is 14.2 Å². The predicted molar refractivity (Wildman–Crippen MR) is 79.9 cm³/mol. The zero-order valence-corrected chi connectivity index (χ0v) is 13.5. The van der Waals surface area contributed by atoms with Crippen LogP contribution in [0.5, 0.6) is 0 Å². The summed E-state index contributed by atoms with van der Waals surface area (Å²) in [6.07, 6.45) is 3.58. The third kappa shape index (κ3) is 8.51. The minimum atomic E-state index is -0.583. The van der Waals surface area contributed by atoms with Gasteiger partial charge in [-0.25, -0.2) is 0 Å². The van der Waals surface area contributed by atoms with E-state index in [0.717, 1.165) is 52.0 Å². The van der Waals surface area contributed by atoms with Crippen LogP contribution >= 0.6 is 0 Å². The molecule has 1 N–H and O–H groups in total. The van der Waals surface area contributed by atoms with Crippen LogP contribution in [-0.2, 0) is 19.0 Å². The lowest BCUT2D eigenvalue weighted by Crippen LogP contribution is -2.50. The van der Waals surface area contributed by atoms with Crippen molar-refractivity contribution in [2.75, 3.05) is 40.1 Å². The number of likely N-dealkylation sites (N-methyl/N-ethyl adjacent to an activating group) is 1. The van der Waals surface area contributed by atoms with Crippen LogP contribution in [0.2, 0.25) is 0 Å². The average molecular weight is 289 g/mol. The first-order chi connectivity index (χ1) is 9.60. The Balaban J connectivity index is 3.83. The van der Waals surface area contributed by atoms with Crippen LogP contribution in [0.1, 0.15) is 46.5 Å². The maximum absolute atomic E-state index is 12.0. The van der Waals surface area contributed by atoms with Crippen molar-refractivity contribution in [2.45, 2.75) is 52.0 Å². The Labute approximate surface area is 123 Å². The van der Waals surface area contributed by atoms with E-state index in [1.807, 2.05) is 20.8 Å². The second-order valence-corrected chi connectivity index (χ2v) is 5.00. The molecule has 1 atom stereocenters. The van der Waals surface area contributed by atoms with E-state index in [-0.39, 0.29) is 5.97 Å².